The second-order valence-corrected chi connectivity index (χ2v) is 4.73. The molecule has 102 valence electrons. The summed E-state index contributed by atoms with van der Waals surface area (Å²) >= 11 is 0. The van der Waals surface area contributed by atoms with Gasteiger partial charge in [-0.15, -0.1) is 0 Å². The molecule has 0 aromatic rings. The van der Waals surface area contributed by atoms with Crippen molar-refractivity contribution in [3.63, 3.8) is 0 Å². The number of aldehydes is 1. The third-order valence-electron chi connectivity index (χ3n) is 2.91. The first kappa shape index (κ1) is 18.8. The maximum atomic E-state index is 9.79. The van der Waals surface area contributed by atoms with Crippen LogP contribution < -0.4 is 0 Å². The molecule has 0 aromatic carbocycles. The van der Waals surface area contributed by atoms with Crippen LogP contribution in [0.4, 0.5) is 0 Å². The smallest absolute Gasteiger partial charge is 0.142 e. The number of unbranched alkanes of at least 4 members (excludes halogenated alkanes) is 5. The Labute approximate surface area is 109 Å². The Hall–Kier alpha value is -0.590. The predicted molar refractivity (Wildman–Crippen MR) is 78.3 cm³/mol. The average molecular weight is 240 g/mol. The number of allylic oxidation sites excluding steroid dienone is 2. The summed E-state index contributed by atoms with van der Waals surface area (Å²) in [4.78, 5) is 9.79. The lowest BCUT2D eigenvalue weighted by Gasteiger charge is -2.00. The summed E-state index contributed by atoms with van der Waals surface area (Å²) in [7, 11) is 0. The van der Waals surface area contributed by atoms with Gasteiger partial charge in [-0.25, -0.2) is 0 Å². The van der Waals surface area contributed by atoms with Crippen LogP contribution in [-0.4, -0.2) is 6.29 Å². The number of carbonyl (C=O) groups excluding carboxylic acids is 1. The van der Waals surface area contributed by atoms with Crippen molar-refractivity contribution >= 4 is 6.29 Å². The maximum absolute atomic E-state index is 9.79. The Kier molecular flexibility index (Phi) is 19.6. The van der Waals surface area contributed by atoms with Gasteiger partial charge in [-0.1, -0.05) is 78.7 Å². The van der Waals surface area contributed by atoms with Crippen LogP contribution in [0.1, 0.15) is 79.1 Å². The first-order valence-corrected chi connectivity index (χ1v) is 7.33. The Morgan fingerprint density at radius 1 is 0.941 bits per heavy atom. The minimum Gasteiger partial charge on any atom is -0.299 e. The molecule has 1 atom stereocenters. The van der Waals surface area contributed by atoms with Crippen molar-refractivity contribution in [2.75, 3.05) is 0 Å². The molecule has 0 radical (unpaired) electrons. The van der Waals surface area contributed by atoms with Crippen LogP contribution in [0.5, 0.6) is 0 Å². The third-order valence-corrected chi connectivity index (χ3v) is 2.91. The second kappa shape index (κ2) is 17.8. The van der Waals surface area contributed by atoms with E-state index in [9.17, 15) is 4.79 Å². The topological polar surface area (TPSA) is 17.1 Å². The fourth-order valence-corrected chi connectivity index (χ4v) is 1.39. The Balaban J connectivity index is 0. The first-order chi connectivity index (χ1) is 8.22. The quantitative estimate of drug-likeness (QED) is 0.293. The zero-order valence-electron chi connectivity index (χ0n) is 12.4. The van der Waals surface area contributed by atoms with Crippen molar-refractivity contribution < 1.29 is 4.79 Å². The van der Waals surface area contributed by atoms with Crippen molar-refractivity contribution in [1.82, 2.24) is 0 Å². The monoisotopic (exact) mass is 240 g/mol. The second-order valence-electron chi connectivity index (χ2n) is 4.73. The summed E-state index contributed by atoms with van der Waals surface area (Å²) in [6.45, 7) is 8.84. The molecule has 0 rings (SSSR count). The summed E-state index contributed by atoms with van der Waals surface area (Å²) in [6, 6.07) is 0. The lowest BCUT2D eigenvalue weighted by molar-refractivity contribution is -0.104. The SMILES string of the molecule is CCC(C)C/C=C\C=O.CCCCCCCC. The van der Waals surface area contributed by atoms with E-state index in [1.54, 1.807) is 6.08 Å². The first-order valence-electron chi connectivity index (χ1n) is 7.33. The Morgan fingerprint density at radius 3 is 1.82 bits per heavy atom. The molecule has 0 heterocycles. The molecule has 0 aromatic heterocycles. The van der Waals surface area contributed by atoms with Gasteiger partial charge in [0.05, 0.1) is 0 Å². The minimum absolute atomic E-state index is 0.709. The molecule has 0 aliphatic heterocycles. The zero-order valence-corrected chi connectivity index (χ0v) is 12.4. The van der Waals surface area contributed by atoms with Gasteiger partial charge in [0.25, 0.3) is 0 Å². The fraction of sp³-hybridized carbons (Fsp3) is 0.812. The van der Waals surface area contributed by atoms with Crippen LogP contribution in [0.3, 0.4) is 0 Å². The lowest BCUT2D eigenvalue weighted by atomic mass is 10.1. The summed E-state index contributed by atoms with van der Waals surface area (Å²) < 4.78 is 0. The number of hydrogen-bond donors (Lipinski definition) is 0. The molecule has 0 saturated carbocycles. The van der Waals surface area contributed by atoms with Crippen molar-refractivity contribution in [2.45, 2.75) is 79.1 Å². The summed E-state index contributed by atoms with van der Waals surface area (Å²) in [5.41, 5.74) is 0. The average Bonchev–Trinajstić information content (AvgIpc) is 2.35. The third kappa shape index (κ3) is 21.3. The highest BCUT2D eigenvalue weighted by atomic mass is 16.1. The molecular formula is C16H32O. The van der Waals surface area contributed by atoms with Gasteiger partial charge in [-0.2, -0.15) is 0 Å². The van der Waals surface area contributed by atoms with E-state index in [1.165, 1.54) is 44.9 Å². The van der Waals surface area contributed by atoms with Gasteiger partial charge in [0, 0.05) is 0 Å². The molecule has 0 saturated heterocycles. The van der Waals surface area contributed by atoms with Crippen molar-refractivity contribution in [2.24, 2.45) is 5.92 Å². The minimum atomic E-state index is 0.709. The molecule has 0 N–H and O–H groups in total. The molecule has 1 nitrogen and oxygen atoms in total. The molecule has 1 heteroatoms. The van der Waals surface area contributed by atoms with Gasteiger partial charge in [-0.3, -0.25) is 4.79 Å². The van der Waals surface area contributed by atoms with Gasteiger partial charge in [-0.05, 0) is 18.4 Å². The molecule has 0 spiro atoms. The highest BCUT2D eigenvalue weighted by molar-refractivity contribution is 5.64. The van der Waals surface area contributed by atoms with Gasteiger partial charge in [0.2, 0.25) is 0 Å². The molecule has 0 amide bonds. The van der Waals surface area contributed by atoms with Crippen molar-refractivity contribution in [3.8, 4) is 0 Å². The van der Waals surface area contributed by atoms with Crippen LogP contribution in [0.25, 0.3) is 0 Å². The van der Waals surface area contributed by atoms with Crippen LogP contribution in [-0.2, 0) is 4.79 Å². The number of hydrogen-bond acceptors (Lipinski definition) is 1. The van der Waals surface area contributed by atoms with E-state index < -0.39 is 0 Å². The lowest BCUT2D eigenvalue weighted by Crippen LogP contribution is -1.87. The molecule has 0 aliphatic rings. The van der Waals surface area contributed by atoms with E-state index in [0.29, 0.717) is 5.92 Å². The van der Waals surface area contributed by atoms with Crippen LogP contribution >= 0.6 is 0 Å². The summed E-state index contributed by atoms with van der Waals surface area (Å²) in [6.07, 6.45) is 15.0. The van der Waals surface area contributed by atoms with Crippen LogP contribution in [0.2, 0.25) is 0 Å². The highest BCUT2D eigenvalue weighted by Crippen LogP contribution is 2.05. The van der Waals surface area contributed by atoms with Crippen LogP contribution in [0, 0.1) is 5.92 Å². The zero-order chi connectivity index (χ0) is 13.4. The van der Waals surface area contributed by atoms with E-state index in [-0.39, 0.29) is 0 Å². The molecule has 0 aliphatic carbocycles. The molecule has 0 fully saturated rings. The van der Waals surface area contributed by atoms with E-state index in [1.807, 2.05) is 6.08 Å². The largest absolute Gasteiger partial charge is 0.299 e. The molecular weight excluding hydrogens is 208 g/mol. The summed E-state index contributed by atoms with van der Waals surface area (Å²) in [5, 5.41) is 0. The maximum Gasteiger partial charge on any atom is 0.142 e. The fourth-order valence-electron chi connectivity index (χ4n) is 1.39. The van der Waals surface area contributed by atoms with Crippen molar-refractivity contribution in [1.29, 1.82) is 0 Å². The molecule has 1 unspecified atom stereocenters. The van der Waals surface area contributed by atoms with Gasteiger partial charge >= 0.3 is 0 Å². The van der Waals surface area contributed by atoms with Crippen LogP contribution in [0.15, 0.2) is 12.2 Å². The Bertz CT molecular complexity index is 155. The van der Waals surface area contributed by atoms with E-state index in [0.717, 1.165) is 12.7 Å². The Morgan fingerprint density at radius 2 is 1.47 bits per heavy atom. The number of carbonyl (C=O) groups is 1. The van der Waals surface area contributed by atoms with E-state index in [2.05, 4.69) is 27.7 Å². The highest BCUT2D eigenvalue weighted by Gasteiger charge is 1.91. The number of rotatable bonds is 9. The molecule has 0 bridgehead atoms. The standard InChI is InChI=1S/C8H14O.C8H18/c1-3-8(2)6-4-5-7-9;1-3-5-7-8-6-4-2/h4-5,7-8H,3,6H2,1-2H3;3-8H2,1-2H3/b5-4-;. The normalized spacial score (nSPS) is 12.0. The molecule has 17 heavy (non-hydrogen) atoms. The van der Waals surface area contributed by atoms with Crippen molar-refractivity contribution in [3.05, 3.63) is 12.2 Å². The van der Waals surface area contributed by atoms with Gasteiger partial charge in [0.15, 0.2) is 0 Å². The van der Waals surface area contributed by atoms with E-state index in [4.69, 9.17) is 0 Å². The predicted octanol–water partition coefficient (Wildman–Crippen LogP) is 5.54. The van der Waals surface area contributed by atoms with Gasteiger partial charge < -0.3 is 0 Å². The van der Waals surface area contributed by atoms with E-state index >= 15 is 0 Å². The van der Waals surface area contributed by atoms with Gasteiger partial charge in [0.1, 0.15) is 6.29 Å². The summed E-state index contributed by atoms with van der Waals surface area (Å²) in [5.74, 6) is 0.709.